The molecule has 0 saturated carbocycles. The fourth-order valence-electron chi connectivity index (χ4n) is 1.72. The number of ether oxygens (including phenoxy) is 1. The largest absolute Gasteiger partial charge is 0.457 e. The van der Waals surface area contributed by atoms with Crippen LogP contribution >= 0.6 is 11.6 Å². The molecule has 0 amide bonds. The fourth-order valence-corrected chi connectivity index (χ4v) is 1.89. The standard InChI is InChI=1S/C17H19ClFNO/c1-17(2,3)20-11-12-4-6-13(7-5-12)21-14-8-9-16(19)15(18)10-14/h4-10,20H,11H2,1-3H3. The Kier molecular flexibility index (Phi) is 4.86. The van der Waals surface area contributed by atoms with Crippen molar-refractivity contribution in [2.45, 2.75) is 32.9 Å². The molecular formula is C17H19ClFNO. The molecule has 21 heavy (non-hydrogen) atoms. The minimum Gasteiger partial charge on any atom is -0.457 e. The van der Waals surface area contributed by atoms with Crippen molar-refractivity contribution in [3.05, 3.63) is 58.9 Å². The SMILES string of the molecule is CC(C)(C)NCc1ccc(Oc2ccc(F)c(Cl)c2)cc1. The van der Waals surface area contributed by atoms with Crippen molar-refractivity contribution < 1.29 is 9.13 Å². The zero-order chi connectivity index (χ0) is 15.5. The van der Waals surface area contributed by atoms with Crippen LogP contribution in [-0.4, -0.2) is 5.54 Å². The summed E-state index contributed by atoms with van der Waals surface area (Å²) < 4.78 is 18.7. The zero-order valence-corrected chi connectivity index (χ0v) is 13.2. The van der Waals surface area contributed by atoms with E-state index in [1.807, 2.05) is 24.3 Å². The minimum atomic E-state index is -0.451. The molecule has 0 aliphatic carbocycles. The highest BCUT2D eigenvalue weighted by molar-refractivity contribution is 6.30. The summed E-state index contributed by atoms with van der Waals surface area (Å²) >= 11 is 5.73. The first-order valence-electron chi connectivity index (χ1n) is 6.80. The predicted octanol–water partition coefficient (Wildman–Crippen LogP) is 5.16. The van der Waals surface area contributed by atoms with Crippen LogP contribution in [0.4, 0.5) is 4.39 Å². The number of benzene rings is 2. The molecule has 2 aromatic carbocycles. The van der Waals surface area contributed by atoms with Gasteiger partial charge in [0.1, 0.15) is 17.3 Å². The predicted molar refractivity (Wildman–Crippen MR) is 84.5 cm³/mol. The van der Waals surface area contributed by atoms with Crippen LogP contribution in [0.2, 0.25) is 5.02 Å². The van der Waals surface area contributed by atoms with Crippen LogP contribution in [0, 0.1) is 5.82 Å². The van der Waals surface area contributed by atoms with E-state index in [2.05, 4.69) is 26.1 Å². The van der Waals surface area contributed by atoms with Gasteiger partial charge in [-0.25, -0.2) is 4.39 Å². The van der Waals surface area contributed by atoms with Crippen LogP contribution in [0.5, 0.6) is 11.5 Å². The molecule has 2 aromatic rings. The molecule has 0 spiro atoms. The highest BCUT2D eigenvalue weighted by Gasteiger charge is 2.08. The minimum absolute atomic E-state index is 0.0542. The van der Waals surface area contributed by atoms with E-state index in [-0.39, 0.29) is 10.6 Å². The smallest absolute Gasteiger partial charge is 0.142 e. The van der Waals surface area contributed by atoms with Crippen LogP contribution in [0.3, 0.4) is 0 Å². The zero-order valence-electron chi connectivity index (χ0n) is 12.4. The highest BCUT2D eigenvalue weighted by Crippen LogP contribution is 2.26. The summed E-state index contributed by atoms with van der Waals surface area (Å²) in [6.45, 7) is 7.18. The summed E-state index contributed by atoms with van der Waals surface area (Å²) in [5, 5.41) is 3.48. The molecule has 0 bridgehead atoms. The topological polar surface area (TPSA) is 21.3 Å². The van der Waals surface area contributed by atoms with Gasteiger partial charge < -0.3 is 10.1 Å². The molecule has 0 heterocycles. The van der Waals surface area contributed by atoms with Gasteiger partial charge in [0.15, 0.2) is 0 Å². The van der Waals surface area contributed by atoms with Crippen molar-refractivity contribution in [3.8, 4) is 11.5 Å². The average Bonchev–Trinajstić information content (AvgIpc) is 2.41. The third kappa shape index (κ3) is 5.03. The maximum Gasteiger partial charge on any atom is 0.142 e. The van der Waals surface area contributed by atoms with Gasteiger partial charge >= 0.3 is 0 Å². The van der Waals surface area contributed by atoms with Gasteiger partial charge in [-0.1, -0.05) is 23.7 Å². The maximum absolute atomic E-state index is 13.1. The second kappa shape index (κ2) is 6.46. The van der Waals surface area contributed by atoms with Gasteiger partial charge in [-0.3, -0.25) is 0 Å². The Balaban J connectivity index is 2.00. The number of halogens is 2. The lowest BCUT2D eigenvalue weighted by molar-refractivity contribution is 0.424. The van der Waals surface area contributed by atoms with Crippen molar-refractivity contribution in [1.82, 2.24) is 5.32 Å². The van der Waals surface area contributed by atoms with E-state index in [1.165, 1.54) is 17.7 Å². The Labute approximate surface area is 129 Å². The molecule has 0 saturated heterocycles. The number of hydrogen-bond acceptors (Lipinski definition) is 2. The van der Waals surface area contributed by atoms with Gasteiger partial charge in [0.25, 0.3) is 0 Å². The fraction of sp³-hybridized carbons (Fsp3) is 0.294. The van der Waals surface area contributed by atoms with Crippen LogP contribution in [-0.2, 0) is 6.54 Å². The highest BCUT2D eigenvalue weighted by atomic mass is 35.5. The Morgan fingerprint density at radius 3 is 2.24 bits per heavy atom. The molecule has 0 unspecified atom stereocenters. The van der Waals surface area contributed by atoms with Crippen LogP contribution < -0.4 is 10.1 Å². The maximum atomic E-state index is 13.1. The summed E-state index contributed by atoms with van der Waals surface area (Å²) in [6, 6.07) is 12.1. The average molecular weight is 308 g/mol. The Morgan fingerprint density at radius 1 is 1.05 bits per heavy atom. The van der Waals surface area contributed by atoms with Crippen LogP contribution in [0.25, 0.3) is 0 Å². The van der Waals surface area contributed by atoms with E-state index in [4.69, 9.17) is 16.3 Å². The summed E-state index contributed by atoms with van der Waals surface area (Å²) in [5.74, 6) is 0.756. The van der Waals surface area contributed by atoms with Gasteiger partial charge in [0.05, 0.1) is 5.02 Å². The molecule has 0 aliphatic rings. The quantitative estimate of drug-likeness (QED) is 0.842. The summed E-state index contributed by atoms with van der Waals surface area (Å²) in [7, 11) is 0. The molecule has 0 aliphatic heterocycles. The molecule has 2 rings (SSSR count). The first-order valence-corrected chi connectivity index (χ1v) is 7.18. The molecule has 0 atom stereocenters. The summed E-state index contributed by atoms with van der Waals surface area (Å²) in [4.78, 5) is 0. The third-order valence-electron chi connectivity index (χ3n) is 2.87. The van der Waals surface area contributed by atoms with E-state index in [0.717, 1.165) is 6.54 Å². The Hall–Kier alpha value is -1.58. The van der Waals surface area contributed by atoms with Crippen molar-refractivity contribution in [2.75, 3.05) is 0 Å². The molecule has 2 nitrogen and oxygen atoms in total. The Bertz CT molecular complexity index is 605. The van der Waals surface area contributed by atoms with E-state index < -0.39 is 5.82 Å². The van der Waals surface area contributed by atoms with Gasteiger partial charge in [-0.05, 0) is 50.6 Å². The second-order valence-electron chi connectivity index (χ2n) is 5.93. The van der Waals surface area contributed by atoms with Crippen LogP contribution in [0.1, 0.15) is 26.3 Å². The molecule has 0 aromatic heterocycles. The number of nitrogens with one attached hydrogen (secondary N) is 1. The van der Waals surface area contributed by atoms with Crippen molar-refractivity contribution in [3.63, 3.8) is 0 Å². The molecule has 112 valence electrons. The van der Waals surface area contributed by atoms with Crippen LogP contribution in [0.15, 0.2) is 42.5 Å². The lowest BCUT2D eigenvalue weighted by atomic mass is 10.1. The lowest BCUT2D eigenvalue weighted by Gasteiger charge is -2.20. The monoisotopic (exact) mass is 307 g/mol. The van der Waals surface area contributed by atoms with E-state index in [9.17, 15) is 4.39 Å². The van der Waals surface area contributed by atoms with Crippen molar-refractivity contribution >= 4 is 11.6 Å². The number of hydrogen-bond donors (Lipinski definition) is 1. The first-order chi connectivity index (χ1) is 9.83. The van der Waals surface area contributed by atoms with E-state index in [0.29, 0.717) is 11.5 Å². The summed E-state index contributed by atoms with van der Waals surface area (Å²) in [5.41, 5.74) is 1.26. The lowest BCUT2D eigenvalue weighted by Crippen LogP contribution is -2.34. The molecule has 0 fully saturated rings. The van der Waals surface area contributed by atoms with Crippen molar-refractivity contribution in [1.29, 1.82) is 0 Å². The Morgan fingerprint density at radius 2 is 1.67 bits per heavy atom. The van der Waals surface area contributed by atoms with Gasteiger partial charge in [0, 0.05) is 18.2 Å². The third-order valence-corrected chi connectivity index (χ3v) is 3.16. The van der Waals surface area contributed by atoms with Gasteiger partial charge in [0.2, 0.25) is 0 Å². The van der Waals surface area contributed by atoms with E-state index >= 15 is 0 Å². The second-order valence-corrected chi connectivity index (χ2v) is 6.33. The van der Waals surface area contributed by atoms with Crippen molar-refractivity contribution in [2.24, 2.45) is 0 Å². The molecule has 0 radical (unpaired) electrons. The molecule has 4 heteroatoms. The normalized spacial score (nSPS) is 11.5. The molecule has 1 N–H and O–H groups in total. The van der Waals surface area contributed by atoms with Gasteiger partial charge in [-0.15, -0.1) is 0 Å². The summed E-state index contributed by atoms with van der Waals surface area (Å²) in [6.07, 6.45) is 0. The molecular weight excluding hydrogens is 289 g/mol. The van der Waals surface area contributed by atoms with E-state index in [1.54, 1.807) is 6.07 Å². The number of rotatable bonds is 4. The van der Waals surface area contributed by atoms with Gasteiger partial charge in [-0.2, -0.15) is 0 Å². The first kappa shape index (κ1) is 15.8.